The zero-order chi connectivity index (χ0) is 22.9. The van der Waals surface area contributed by atoms with Gasteiger partial charge in [-0.2, -0.15) is 5.10 Å². The predicted molar refractivity (Wildman–Crippen MR) is 114 cm³/mol. The minimum absolute atomic E-state index is 0.103. The Kier molecular flexibility index (Phi) is 4.71. The van der Waals surface area contributed by atoms with Crippen LogP contribution in [0.4, 0.5) is 0 Å². The topological polar surface area (TPSA) is 63.9 Å². The Morgan fingerprint density at radius 1 is 1.17 bits per heavy atom. The fraction of sp³-hybridized carbons (Fsp3) is 0.478. The summed E-state index contributed by atoms with van der Waals surface area (Å²) < 4.78 is 23.4. The molecule has 0 radical (unpaired) electrons. The molecule has 1 fully saturated rings. The summed E-state index contributed by atoms with van der Waals surface area (Å²) in [5.74, 6) is 1.00. The van der Waals surface area contributed by atoms with Crippen molar-refractivity contribution in [2.45, 2.75) is 33.1 Å². The number of aryl methyl sites for hydroxylation is 1. The number of hydrogen-bond donors (Lipinski definition) is 0. The van der Waals surface area contributed by atoms with Crippen molar-refractivity contribution >= 4 is 16.7 Å². The molecule has 152 valence electrons. The summed E-state index contributed by atoms with van der Waals surface area (Å²) in [4.78, 5) is 24.2. The zero-order valence-electron chi connectivity index (χ0n) is 20.0. The van der Waals surface area contributed by atoms with Crippen LogP contribution in [0.3, 0.4) is 0 Å². The van der Waals surface area contributed by atoms with E-state index in [-0.39, 0.29) is 11.7 Å². The van der Waals surface area contributed by atoms with Crippen molar-refractivity contribution in [1.29, 1.82) is 0 Å². The third kappa shape index (κ3) is 4.70. The molecule has 0 bridgehead atoms. The maximum atomic E-state index is 12.9. The van der Waals surface area contributed by atoms with Crippen LogP contribution in [0.1, 0.15) is 36.5 Å². The first-order chi connectivity index (χ1) is 15.2. The van der Waals surface area contributed by atoms with Crippen LogP contribution in [-0.4, -0.2) is 50.1 Å². The summed E-state index contributed by atoms with van der Waals surface area (Å²) in [7, 11) is 0. The molecule has 0 amide bonds. The first kappa shape index (κ1) is 16.2. The first-order valence-corrected chi connectivity index (χ1v) is 10.2. The molecule has 3 aromatic rings. The molecule has 0 spiro atoms. The van der Waals surface area contributed by atoms with Crippen molar-refractivity contribution < 1.29 is 8.91 Å². The fourth-order valence-corrected chi connectivity index (χ4v) is 4.08. The molecule has 4 rings (SSSR count). The summed E-state index contributed by atoms with van der Waals surface area (Å²) in [6.07, 6.45) is 8.54. The Bertz CT molecular complexity index is 1100. The highest BCUT2D eigenvalue weighted by molar-refractivity contribution is 5.86. The molecule has 1 saturated heterocycles. The number of carbonyl (C=O) groups excluding carboxylic acids is 1. The average Bonchev–Trinajstić information content (AvgIpc) is 3.24. The Morgan fingerprint density at radius 2 is 2.00 bits per heavy atom. The fourth-order valence-electron chi connectivity index (χ4n) is 4.08. The van der Waals surface area contributed by atoms with Crippen molar-refractivity contribution in [3.63, 3.8) is 0 Å². The normalized spacial score (nSPS) is 18.0. The number of piperidine rings is 1. The van der Waals surface area contributed by atoms with Crippen LogP contribution in [0.5, 0.6) is 0 Å². The monoisotopic (exact) mass is 394 g/mol. The first-order valence-electron chi connectivity index (χ1n) is 11.7. The Labute approximate surface area is 176 Å². The number of hydrogen-bond acceptors (Lipinski definition) is 5. The van der Waals surface area contributed by atoms with Gasteiger partial charge >= 0.3 is 0 Å². The van der Waals surface area contributed by atoms with E-state index in [2.05, 4.69) is 33.8 Å². The van der Waals surface area contributed by atoms with Gasteiger partial charge in [0.25, 0.3) is 0 Å². The third-order valence-corrected chi connectivity index (χ3v) is 5.56. The van der Waals surface area contributed by atoms with E-state index in [0.29, 0.717) is 17.9 Å². The number of Topliss-reactive ketones (excluding diaryl/α,β-unsaturated/α-hetero) is 1. The Hall–Kier alpha value is -2.60. The lowest BCUT2D eigenvalue weighted by Gasteiger charge is -2.32. The molecule has 1 aliphatic heterocycles. The molecule has 29 heavy (non-hydrogen) atoms. The van der Waals surface area contributed by atoms with E-state index in [1.54, 1.807) is 12.4 Å². The van der Waals surface area contributed by atoms with Gasteiger partial charge in [0, 0.05) is 64.6 Å². The number of aromatic nitrogens is 4. The number of pyridine rings is 2. The van der Waals surface area contributed by atoms with Crippen LogP contribution >= 0.6 is 0 Å². The van der Waals surface area contributed by atoms with Gasteiger partial charge in [-0.05, 0) is 44.0 Å². The third-order valence-electron chi connectivity index (χ3n) is 5.56. The number of likely N-dealkylation sites (tertiary alicyclic amines) is 1. The van der Waals surface area contributed by atoms with E-state index >= 15 is 0 Å². The van der Waals surface area contributed by atoms with Crippen LogP contribution in [0.25, 0.3) is 22.0 Å². The van der Waals surface area contributed by atoms with Crippen molar-refractivity contribution in [2.75, 3.05) is 19.6 Å². The summed E-state index contributed by atoms with van der Waals surface area (Å²) >= 11 is 0. The zero-order valence-corrected chi connectivity index (χ0v) is 17.0. The second kappa shape index (κ2) is 8.41. The van der Waals surface area contributed by atoms with E-state index < -0.39 is 6.98 Å². The molecule has 0 unspecified atom stereocenters. The number of fused-ring (bicyclic) bond motifs is 1. The summed E-state index contributed by atoms with van der Waals surface area (Å²) in [6.45, 7) is 5.19. The van der Waals surface area contributed by atoms with Crippen molar-refractivity contribution in [3.8, 4) is 11.1 Å². The molecule has 0 N–H and O–H groups in total. The van der Waals surface area contributed by atoms with Crippen LogP contribution < -0.4 is 0 Å². The van der Waals surface area contributed by atoms with Gasteiger partial charge in [-0.15, -0.1) is 0 Å². The molecular formula is C23H29N5O. The minimum atomic E-state index is -2.31. The van der Waals surface area contributed by atoms with Gasteiger partial charge in [-0.25, -0.2) is 0 Å². The summed E-state index contributed by atoms with van der Waals surface area (Å²) in [5.41, 5.74) is 2.92. The molecule has 6 heteroatoms. The van der Waals surface area contributed by atoms with Crippen LogP contribution in [0.15, 0.2) is 36.9 Å². The highest BCUT2D eigenvalue weighted by Gasteiger charge is 2.25. The SMILES string of the molecule is [2H]C([2H])([2H])n1cc(-c2cnc3cnc(CC(=O)C4CCN(CC(C)C)CC4)cc3c2)cn1. The van der Waals surface area contributed by atoms with E-state index in [1.807, 2.05) is 12.1 Å². The molecule has 0 aliphatic carbocycles. The lowest BCUT2D eigenvalue weighted by molar-refractivity contribution is -0.123. The van der Waals surface area contributed by atoms with E-state index in [4.69, 9.17) is 4.11 Å². The molecule has 3 aromatic heterocycles. The lowest BCUT2D eigenvalue weighted by Crippen LogP contribution is -2.38. The van der Waals surface area contributed by atoms with Crippen molar-refractivity contribution in [2.24, 2.45) is 18.8 Å². The predicted octanol–water partition coefficient (Wildman–Crippen LogP) is 3.51. The highest BCUT2D eigenvalue weighted by atomic mass is 16.1. The standard InChI is InChI=1S/C23H29N5O/c1-16(2)14-28-6-4-17(5-7-28)23(29)10-21-9-18-8-19(11-25-22(18)13-24-21)20-12-26-27(3)15-20/h8-9,11-13,15-17H,4-7,10,14H2,1-3H3/i3D3. The maximum absolute atomic E-state index is 12.9. The maximum Gasteiger partial charge on any atom is 0.142 e. The van der Waals surface area contributed by atoms with E-state index in [9.17, 15) is 4.79 Å². The molecule has 1 aliphatic rings. The van der Waals surface area contributed by atoms with Gasteiger partial charge in [-0.3, -0.25) is 19.4 Å². The van der Waals surface area contributed by atoms with E-state index in [1.165, 1.54) is 12.4 Å². The lowest BCUT2D eigenvalue weighted by atomic mass is 9.90. The van der Waals surface area contributed by atoms with Gasteiger partial charge in [0.15, 0.2) is 0 Å². The smallest absolute Gasteiger partial charge is 0.142 e. The molecule has 4 heterocycles. The van der Waals surface area contributed by atoms with Gasteiger partial charge in [0.1, 0.15) is 5.78 Å². The summed E-state index contributed by atoms with van der Waals surface area (Å²) in [5, 5.41) is 4.81. The Morgan fingerprint density at radius 3 is 2.72 bits per heavy atom. The molecule has 0 atom stereocenters. The summed E-state index contributed by atoms with van der Waals surface area (Å²) in [6, 6.07) is 3.84. The molecule has 0 aromatic carbocycles. The number of carbonyl (C=O) groups is 1. The average molecular weight is 395 g/mol. The number of ketones is 1. The highest BCUT2D eigenvalue weighted by Crippen LogP contribution is 2.24. The van der Waals surface area contributed by atoms with Gasteiger partial charge in [0.2, 0.25) is 0 Å². The van der Waals surface area contributed by atoms with Crippen LogP contribution in [0.2, 0.25) is 0 Å². The van der Waals surface area contributed by atoms with Crippen molar-refractivity contribution in [1.82, 2.24) is 24.6 Å². The second-order valence-electron chi connectivity index (χ2n) is 8.38. The quantitative estimate of drug-likeness (QED) is 0.640. The van der Waals surface area contributed by atoms with E-state index in [0.717, 1.165) is 59.3 Å². The largest absolute Gasteiger partial charge is 0.303 e. The molecule has 6 nitrogen and oxygen atoms in total. The van der Waals surface area contributed by atoms with Gasteiger partial charge in [0.05, 0.1) is 17.9 Å². The van der Waals surface area contributed by atoms with Gasteiger partial charge < -0.3 is 4.90 Å². The van der Waals surface area contributed by atoms with Crippen LogP contribution in [-0.2, 0) is 18.2 Å². The molecule has 0 saturated carbocycles. The van der Waals surface area contributed by atoms with Crippen LogP contribution in [0, 0.1) is 11.8 Å². The molecular weight excluding hydrogens is 362 g/mol. The number of rotatable bonds is 6. The van der Waals surface area contributed by atoms with Gasteiger partial charge in [-0.1, -0.05) is 13.8 Å². The Balaban J connectivity index is 1.46. The number of nitrogens with zero attached hydrogens (tertiary/aromatic N) is 5. The van der Waals surface area contributed by atoms with Crippen molar-refractivity contribution in [3.05, 3.63) is 42.6 Å². The second-order valence-corrected chi connectivity index (χ2v) is 8.38. The minimum Gasteiger partial charge on any atom is -0.303 e.